The van der Waals surface area contributed by atoms with E-state index in [1.165, 1.54) is 11.7 Å². The smallest absolute Gasteiger partial charge is 0.331 e. The summed E-state index contributed by atoms with van der Waals surface area (Å²) in [5.41, 5.74) is -0.334. The summed E-state index contributed by atoms with van der Waals surface area (Å²) in [6.07, 6.45) is 1.20. The predicted molar refractivity (Wildman–Crippen MR) is 76.8 cm³/mol. The molecule has 20 heavy (non-hydrogen) atoms. The summed E-state index contributed by atoms with van der Waals surface area (Å²) < 4.78 is 6.11. The van der Waals surface area contributed by atoms with E-state index in [-0.39, 0.29) is 17.3 Å². The number of hydrogen-bond acceptors (Lipinski definition) is 5. The minimum atomic E-state index is -1.06. The first-order valence-corrected chi connectivity index (χ1v) is 7.26. The number of carbonyl (C=O) groups excluding carboxylic acids is 2. The molecule has 0 saturated carbocycles. The Morgan fingerprint density at radius 1 is 1.50 bits per heavy atom. The first-order chi connectivity index (χ1) is 9.34. The van der Waals surface area contributed by atoms with Gasteiger partial charge in [-0.05, 0) is 20.3 Å². The van der Waals surface area contributed by atoms with E-state index in [1.54, 1.807) is 19.2 Å². The Morgan fingerprint density at radius 3 is 2.60 bits per heavy atom. The van der Waals surface area contributed by atoms with E-state index in [1.807, 2.05) is 6.92 Å². The quantitative estimate of drug-likeness (QED) is 0.797. The SMILES string of the molecule is CCCC(C)(NC(=O)Cn1c(C)csc1=O)C(=O)OC. The molecule has 0 bridgehead atoms. The molecule has 0 aliphatic rings. The van der Waals surface area contributed by atoms with Gasteiger partial charge >= 0.3 is 10.8 Å². The third-order valence-electron chi connectivity index (χ3n) is 3.08. The fourth-order valence-electron chi connectivity index (χ4n) is 2.03. The Morgan fingerprint density at radius 2 is 2.15 bits per heavy atom. The maximum Gasteiger partial charge on any atom is 0.331 e. The van der Waals surface area contributed by atoms with Gasteiger partial charge in [0.05, 0.1) is 7.11 Å². The molecule has 112 valence electrons. The molecule has 7 heteroatoms. The van der Waals surface area contributed by atoms with E-state index in [2.05, 4.69) is 5.32 Å². The van der Waals surface area contributed by atoms with Crippen LogP contribution >= 0.6 is 11.3 Å². The molecule has 0 fully saturated rings. The number of nitrogens with one attached hydrogen (secondary N) is 1. The zero-order chi connectivity index (χ0) is 15.3. The summed E-state index contributed by atoms with van der Waals surface area (Å²) in [6.45, 7) is 5.21. The van der Waals surface area contributed by atoms with E-state index >= 15 is 0 Å². The molecular weight excluding hydrogens is 280 g/mol. The van der Waals surface area contributed by atoms with Gasteiger partial charge in [-0.3, -0.25) is 14.2 Å². The Hall–Kier alpha value is -1.63. The lowest BCUT2D eigenvalue weighted by Gasteiger charge is -2.27. The van der Waals surface area contributed by atoms with Gasteiger partial charge in [-0.25, -0.2) is 4.79 Å². The zero-order valence-corrected chi connectivity index (χ0v) is 13.0. The lowest BCUT2D eigenvalue weighted by atomic mass is 9.96. The Labute approximate surface area is 121 Å². The lowest BCUT2D eigenvalue weighted by Crippen LogP contribution is -2.53. The summed E-state index contributed by atoms with van der Waals surface area (Å²) in [5, 5.41) is 4.36. The maximum absolute atomic E-state index is 12.1. The molecule has 1 aromatic heterocycles. The van der Waals surface area contributed by atoms with Crippen LogP contribution in [0.4, 0.5) is 0 Å². The average Bonchev–Trinajstić information content (AvgIpc) is 2.69. The molecule has 0 aliphatic heterocycles. The third kappa shape index (κ3) is 3.69. The average molecular weight is 300 g/mol. The highest BCUT2D eigenvalue weighted by atomic mass is 32.1. The first kappa shape index (κ1) is 16.4. The molecule has 1 atom stereocenters. The molecule has 1 N–H and O–H groups in total. The molecular formula is C13H20N2O4S. The number of nitrogens with zero attached hydrogens (tertiary/aromatic N) is 1. The van der Waals surface area contributed by atoms with Crippen molar-refractivity contribution < 1.29 is 14.3 Å². The van der Waals surface area contributed by atoms with Crippen molar-refractivity contribution in [2.24, 2.45) is 0 Å². The van der Waals surface area contributed by atoms with Crippen LogP contribution < -0.4 is 10.2 Å². The van der Waals surface area contributed by atoms with Crippen LogP contribution in [-0.2, 0) is 20.9 Å². The zero-order valence-electron chi connectivity index (χ0n) is 12.2. The van der Waals surface area contributed by atoms with Crippen LogP contribution in [-0.4, -0.2) is 29.1 Å². The fourth-order valence-corrected chi connectivity index (χ4v) is 2.76. The van der Waals surface area contributed by atoms with Crippen molar-refractivity contribution >= 4 is 23.2 Å². The number of hydrogen-bond donors (Lipinski definition) is 1. The second kappa shape index (κ2) is 6.69. The summed E-state index contributed by atoms with van der Waals surface area (Å²) in [4.78, 5) is 35.2. The number of methoxy groups -OCH3 is 1. The molecule has 0 radical (unpaired) electrons. The highest BCUT2D eigenvalue weighted by Gasteiger charge is 2.35. The van der Waals surface area contributed by atoms with E-state index in [0.717, 1.165) is 23.5 Å². The van der Waals surface area contributed by atoms with Crippen LogP contribution in [0.25, 0.3) is 0 Å². The second-order valence-electron chi connectivity index (χ2n) is 4.85. The molecule has 1 heterocycles. The van der Waals surface area contributed by atoms with Crippen molar-refractivity contribution in [3.63, 3.8) is 0 Å². The molecule has 1 amide bonds. The fraction of sp³-hybridized carbons (Fsp3) is 0.615. The van der Waals surface area contributed by atoms with Crippen molar-refractivity contribution in [1.82, 2.24) is 9.88 Å². The summed E-state index contributed by atoms with van der Waals surface area (Å²) >= 11 is 1.05. The second-order valence-corrected chi connectivity index (χ2v) is 5.67. The Kier molecular flexibility index (Phi) is 5.50. The maximum atomic E-state index is 12.1. The largest absolute Gasteiger partial charge is 0.467 e. The number of esters is 1. The number of rotatable bonds is 6. The minimum absolute atomic E-state index is 0.0928. The van der Waals surface area contributed by atoms with E-state index in [9.17, 15) is 14.4 Å². The van der Waals surface area contributed by atoms with Gasteiger partial charge in [0.1, 0.15) is 12.1 Å². The van der Waals surface area contributed by atoms with Crippen molar-refractivity contribution in [2.45, 2.75) is 45.7 Å². The summed E-state index contributed by atoms with van der Waals surface area (Å²) in [7, 11) is 1.29. The molecule has 1 unspecified atom stereocenters. The van der Waals surface area contributed by atoms with Gasteiger partial charge in [0.2, 0.25) is 5.91 Å². The van der Waals surface area contributed by atoms with Gasteiger partial charge in [0.15, 0.2) is 0 Å². The van der Waals surface area contributed by atoms with Crippen LogP contribution in [0.5, 0.6) is 0 Å². The highest BCUT2D eigenvalue weighted by Crippen LogP contribution is 2.14. The van der Waals surface area contributed by atoms with Gasteiger partial charge in [-0.2, -0.15) is 0 Å². The van der Waals surface area contributed by atoms with E-state index in [0.29, 0.717) is 6.42 Å². The predicted octanol–water partition coefficient (Wildman–Crippen LogP) is 1.07. The molecule has 1 aromatic rings. The van der Waals surface area contributed by atoms with Gasteiger partial charge in [-0.1, -0.05) is 24.7 Å². The summed E-state index contributed by atoms with van der Waals surface area (Å²) in [5.74, 6) is -0.864. The van der Waals surface area contributed by atoms with Crippen LogP contribution in [0.2, 0.25) is 0 Å². The van der Waals surface area contributed by atoms with Crippen LogP contribution in [0, 0.1) is 6.92 Å². The molecule has 0 saturated heterocycles. The van der Waals surface area contributed by atoms with Crippen LogP contribution in [0.3, 0.4) is 0 Å². The number of aryl methyl sites for hydroxylation is 1. The number of amides is 1. The molecule has 6 nitrogen and oxygen atoms in total. The van der Waals surface area contributed by atoms with Gasteiger partial charge in [0.25, 0.3) is 0 Å². The van der Waals surface area contributed by atoms with Gasteiger partial charge in [0, 0.05) is 11.1 Å². The first-order valence-electron chi connectivity index (χ1n) is 6.38. The minimum Gasteiger partial charge on any atom is -0.467 e. The molecule has 0 aromatic carbocycles. The van der Waals surface area contributed by atoms with Crippen molar-refractivity contribution in [1.29, 1.82) is 0 Å². The van der Waals surface area contributed by atoms with Gasteiger partial charge in [-0.15, -0.1) is 0 Å². The van der Waals surface area contributed by atoms with Crippen molar-refractivity contribution in [3.8, 4) is 0 Å². The third-order valence-corrected chi connectivity index (χ3v) is 3.96. The van der Waals surface area contributed by atoms with Crippen LogP contribution in [0.1, 0.15) is 32.4 Å². The number of carbonyl (C=O) groups is 2. The molecule has 1 rings (SSSR count). The van der Waals surface area contributed by atoms with Crippen molar-refractivity contribution in [3.05, 3.63) is 20.7 Å². The number of ether oxygens (including phenoxy) is 1. The highest BCUT2D eigenvalue weighted by molar-refractivity contribution is 7.07. The van der Waals surface area contributed by atoms with Crippen LogP contribution in [0.15, 0.2) is 10.2 Å². The Balaban J connectivity index is 2.82. The topological polar surface area (TPSA) is 77.4 Å². The Bertz CT molecular complexity index is 549. The lowest BCUT2D eigenvalue weighted by molar-refractivity contribution is -0.150. The van der Waals surface area contributed by atoms with E-state index in [4.69, 9.17) is 4.74 Å². The van der Waals surface area contributed by atoms with E-state index < -0.39 is 11.5 Å². The van der Waals surface area contributed by atoms with Crippen molar-refractivity contribution in [2.75, 3.05) is 7.11 Å². The summed E-state index contributed by atoms with van der Waals surface area (Å²) in [6, 6.07) is 0. The van der Waals surface area contributed by atoms with Gasteiger partial charge < -0.3 is 10.1 Å². The number of aromatic nitrogens is 1. The normalized spacial score (nSPS) is 13.6. The standard InChI is InChI=1S/C13H20N2O4S/c1-5-6-13(3,11(17)19-4)14-10(16)7-15-9(2)8-20-12(15)18/h8H,5-7H2,1-4H3,(H,14,16). The molecule has 0 spiro atoms. The molecule has 0 aliphatic carbocycles. The monoisotopic (exact) mass is 300 g/mol. The number of thiazole rings is 1.